The molecule has 1 fully saturated rings. The Bertz CT molecular complexity index is 1200. The SMILES string of the molecule is CC1CC(C)CN(S(=O)(=O)c2cccc(C(=O)OCC(=O)Nc3ccc(C#N)c(Cl)c3)c2)C1. The number of esters is 1. The lowest BCUT2D eigenvalue weighted by molar-refractivity contribution is -0.119. The van der Waals surface area contributed by atoms with Gasteiger partial charge in [0, 0.05) is 18.8 Å². The Morgan fingerprint density at radius 2 is 1.88 bits per heavy atom. The van der Waals surface area contributed by atoms with E-state index >= 15 is 0 Å². The minimum Gasteiger partial charge on any atom is -0.452 e. The van der Waals surface area contributed by atoms with Gasteiger partial charge in [-0.1, -0.05) is 31.5 Å². The minimum atomic E-state index is -3.75. The number of anilines is 1. The van der Waals surface area contributed by atoms with Gasteiger partial charge < -0.3 is 10.1 Å². The first-order valence-electron chi connectivity index (χ1n) is 10.4. The second-order valence-electron chi connectivity index (χ2n) is 8.23. The van der Waals surface area contributed by atoms with Crippen LogP contribution in [0.5, 0.6) is 0 Å². The van der Waals surface area contributed by atoms with E-state index in [9.17, 15) is 18.0 Å². The van der Waals surface area contributed by atoms with Crippen molar-refractivity contribution < 1.29 is 22.7 Å². The summed E-state index contributed by atoms with van der Waals surface area (Å²) in [6.45, 7) is 4.32. The molecule has 0 saturated carbocycles. The van der Waals surface area contributed by atoms with Crippen LogP contribution in [0.25, 0.3) is 0 Å². The molecular weight excluding hydrogens is 466 g/mol. The Labute approximate surface area is 198 Å². The largest absolute Gasteiger partial charge is 0.452 e. The molecule has 1 heterocycles. The number of rotatable bonds is 6. The second-order valence-corrected chi connectivity index (χ2v) is 10.6. The Morgan fingerprint density at radius 1 is 1.18 bits per heavy atom. The summed E-state index contributed by atoms with van der Waals surface area (Å²) < 4.78 is 32.6. The normalized spacial score (nSPS) is 18.8. The fourth-order valence-electron chi connectivity index (χ4n) is 3.83. The number of carbonyl (C=O) groups excluding carboxylic acids is 2. The Hall–Kier alpha value is -2.93. The third-order valence-corrected chi connectivity index (χ3v) is 7.39. The molecule has 10 heteroatoms. The molecule has 0 bridgehead atoms. The lowest BCUT2D eigenvalue weighted by Crippen LogP contribution is -2.42. The fourth-order valence-corrected chi connectivity index (χ4v) is 5.78. The molecule has 0 radical (unpaired) electrons. The van der Waals surface area contributed by atoms with Crippen LogP contribution in [0, 0.1) is 23.2 Å². The molecule has 0 aliphatic carbocycles. The predicted molar refractivity (Wildman–Crippen MR) is 123 cm³/mol. The first kappa shape index (κ1) is 24.7. The van der Waals surface area contributed by atoms with Gasteiger partial charge in [-0.15, -0.1) is 0 Å². The molecule has 2 aromatic rings. The quantitative estimate of drug-likeness (QED) is 0.619. The number of piperidine rings is 1. The van der Waals surface area contributed by atoms with E-state index in [0.29, 0.717) is 18.8 Å². The van der Waals surface area contributed by atoms with Crippen molar-refractivity contribution in [3.63, 3.8) is 0 Å². The van der Waals surface area contributed by atoms with Gasteiger partial charge in [0.2, 0.25) is 10.0 Å². The highest BCUT2D eigenvalue weighted by atomic mass is 35.5. The third kappa shape index (κ3) is 6.11. The van der Waals surface area contributed by atoms with Crippen molar-refractivity contribution in [1.82, 2.24) is 4.31 Å². The predicted octanol–water partition coefficient (Wildman–Crippen LogP) is 3.67. The lowest BCUT2D eigenvalue weighted by atomic mass is 9.94. The van der Waals surface area contributed by atoms with Crippen molar-refractivity contribution in [2.45, 2.75) is 25.2 Å². The number of nitriles is 1. The molecule has 1 aliphatic heterocycles. The topological polar surface area (TPSA) is 117 Å². The van der Waals surface area contributed by atoms with Crippen molar-refractivity contribution in [2.24, 2.45) is 11.8 Å². The van der Waals surface area contributed by atoms with Crippen LogP contribution in [-0.4, -0.2) is 44.3 Å². The van der Waals surface area contributed by atoms with Crippen LogP contribution in [0.1, 0.15) is 36.2 Å². The number of nitrogens with one attached hydrogen (secondary N) is 1. The molecule has 3 rings (SSSR count). The summed E-state index contributed by atoms with van der Waals surface area (Å²) in [6, 6.07) is 11.9. The molecule has 8 nitrogen and oxygen atoms in total. The number of benzene rings is 2. The Balaban J connectivity index is 1.64. The summed E-state index contributed by atoms with van der Waals surface area (Å²) >= 11 is 5.93. The lowest BCUT2D eigenvalue weighted by Gasteiger charge is -2.34. The van der Waals surface area contributed by atoms with Gasteiger partial charge in [0.15, 0.2) is 6.61 Å². The van der Waals surface area contributed by atoms with E-state index in [1.165, 1.54) is 46.8 Å². The van der Waals surface area contributed by atoms with Crippen molar-refractivity contribution >= 4 is 39.2 Å². The first-order chi connectivity index (χ1) is 15.6. The van der Waals surface area contributed by atoms with Crippen LogP contribution in [0.2, 0.25) is 5.02 Å². The zero-order valence-electron chi connectivity index (χ0n) is 18.2. The van der Waals surface area contributed by atoms with Gasteiger partial charge in [-0.2, -0.15) is 9.57 Å². The monoisotopic (exact) mass is 489 g/mol. The summed E-state index contributed by atoms with van der Waals surface area (Å²) in [5.41, 5.74) is 0.644. The van der Waals surface area contributed by atoms with Crippen LogP contribution in [0.4, 0.5) is 5.69 Å². The summed E-state index contributed by atoms with van der Waals surface area (Å²) in [5, 5.41) is 11.6. The molecule has 1 amide bonds. The maximum absolute atomic E-state index is 13.1. The van der Waals surface area contributed by atoms with Gasteiger partial charge in [-0.3, -0.25) is 4.79 Å². The second kappa shape index (κ2) is 10.3. The maximum Gasteiger partial charge on any atom is 0.338 e. The van der Waals surface area contributed by atoms with Crippen LogP contribution < -0.4 is 5.32 Å². The summed E-state index contributed by atoms with van der Waals surface area (Å²) in [7, 11) is -3.75. The highest BCUT2D eigenvalue weighted by Gasteiger charge is 2.32. The molecule has 1 aliphatic rings. The van der Waals surface area contributed by atoms with E-state index in [-0.39, 0.29) is 32.9 Å². The minimum absolute atomic E-state index is 0.00919. The zero-order chi connectivity index (χ0) is 24.2. The molecule has 0 aromatic heterocycles. The number of sulfonamides is 1. The highest BCUT2D eigenvalue weighted by Crippen LogP contribution is 2.27. The molecular formula is C23H24ClN3O5S. The van der Waals surface area contributed by atoms with E-state index in [1.54, 1.807) is 0 Å². The maximum atomic E-state index is 13.1. The Morgan fingerprint density at radius 3 is 2.52 bits per heavy atom. The zero-order valence-corrected chi connectivity index (χ0v) is 19.8. The van der Waals surface area contributed by atoms with Crippen molar-refractivity contribution in [3.05, 3.63) is 58.6 Å². The third-order valence-electron chi connectivity index (χ3n) is 5.25. The summed E-state index contributed by atoms with van der Waals surface area (Å²) in [6.07, 6.45) is 0.967. The van der Waals surface area contributed by atoms with Gasteiger partial charge in [-0.05, 0) is 54.7 Å². The molecule has 0 spiro atoms. The van der Waals surface area contributed by atoms with Crippen LogP contribution >= 0.6 is 11.6 Å². The molecule has 174 valence electrons. The summed E-state index contributed by atoms with van der Waals surface area (Å²) in [5.74, 6) is -0.924. The number of carbonyl (C=O) groups is 2. The van der Waals surface area contributed by atoms with E-state index in [2.05, 4.69) is 5.32 Å². The molecule has 1 N–H and O–H groups in total. The van der Waals surface area contributed by atoms with Gasteiger partial charge in [0.25, 0.3) is 5.91 Å². The van der Waals surface area contributed by atoms with E-state index in [0.717, 1.165) is 6.42 Å². The van der Waals surface area contributed by atoms with E-state index < -0.39 is 28.5 Å². The average Bonchev–Trinajstić information content (AvgIpc) is 2.77. The van der Waals surface area contributed by atoms with Crippen LogP contribution in [-0.2, 0) is 19.6 Å². The first-order valence-corrected chi connectivity index (χ1v) is 12.2. The smallest absolute Gasteiger partial charge is 0.338 e. The van der Waals surface area contributed by atoms with Gasteiger partial charge >= 0.3 is 5.97 Å². The van der Waals surface area contributed by atoms with Crippen LogP contribution in [0.3, 0.4) is 0 Å². The van der Waals surface area contributed by atoms with Crippen molar-refractivity contribution in [1.29, 1.82) is 5.26 Å². The number of hydrogen-bond acceptors (Lipinski definition) is 6. The molecule has 2 aromatic carbocycles. The average molecular weight is 490 g/mol. The van der Waals surface area contributed by atoms with Gasteiger partial charge in [-0.25, -0.2) is 13.2 Å². The molecule has 2 unspecified atom stereocenters. The standard InChI is InChI=1S/C23H24ClN3O5S/c1-15-8-16(2)13-27(12-15)33(30,31)20-5-3-4-17(9-20)23(29)32-14-22(28)26-19-7-6-18(11-25)21(24)10-19/h3-7,9-10,15-16H,8,12-14H2,1-2H3,(H,26,28). The number of hydrogen-bond donors (Lipinski definition) is 1. The number of ether oxygens (including phenoxy) is 1. The number of amides is 1. The molecule has 2 atom stereocenters. The van der Waals surface area contributed by atoms with Gasteiger partial charge in [0.05, 0.1) is 21.0 Å². The fraction of sp³-hybridized carbons (Fsp3) is 0.348. The molecule has 1 saturated heterocycles. The Kier molecular flexibility index (Phi) is 7.74. The molecule has 33 heavy (non-hydrogen) atoms. The van der Waals surface area contributed by atoms with E-state index in [1.807, 2.05) is 19.9 Å². The van der Waals surface area contributed by atoms with Crippen molar-refractivity contribution in [3.8, 4) is 6.07 Å². The number of nitrogens with zero attached hydrogens (tertiary/aromatic N) is 2. The highest BCUT2D eigenvalue weighted by molar-refractivity contribution is 7.89. The van der Waals surface area contributed by atoms with Gasteiger partial charge in [0.1, 0.15) is 6.07 Å². The van der Waals surface area contributed by atoms with Crippen molar-refractivity contribution in [2.75, 3.05) is 25.0 Å². The summed E-state index contributed by atoms with van der Waals surface area (Å²) in [4.78, 5) is 24.5. The van der Waals surface area contributed by atoms with Crippen LogP contribution in [0.15, 0.2) is 47.4 Å². The van der Waals surface area contributed by atoms with E-state index in [4.69, 9.17) is 21.6 Å². The number of halogens is 1.